The summed E-state index contributed by atoms with van der Waals surface area (Å²) in [6, 6.07) is 12.0. The Kier molecular flexibility index (Phi) is 3.76. The van der Waals surface area contributed by atoms with Gasteiger partial charge in [0.1, 0.15) is 0 Å². The van der Waals surface area contributed by atoms with E-state index in [1.807, 2.05) is 12.3 Å². The number of rotatable bonds is 2. The lowest BCUT2D eigenvalue weighted by molar-refractivity contribution is 0.0375. The highest BCUT2D eigenvalue weighted by molar-refractivity contribution is 6.68. The molecule has 1 aliphatic heterocycles. The number of nitrogens with zero attached hydrogens (tertiary/aromatic N) is 1. The van der Waals surface area contributed by atoms with Crippen molar-refractivity contribution in [2.24, 2.45) is 12.5 Å². The van der Waals surface area contributed by atoms with Gasteiger partial charge in [0.2, 0.25) is 5.56 Å². The van der Waals surface area contributed by atoms with Crippen LogP contribution in [0.15, 0.2) is 47.4 Å². The monoisotopic (exact) mass is 309 g/mol. The normalized spacial score (nSPS) is 19.1. The molecule has 120 valence electrons. The molecule has 1 aromatic heterocycles. The van der Waals surface area contributed by atoms with Crippen LogP contribution in [0, 0.1) is 5.41 Å². The number of aromatic nitrogens is 1. The predicted octanol–water partition coefficient (Wildman–Crippen LogP) is 3.09. The fourth-order valence-corrected chi connectivity index (χ4v) is 3.11. The van der Waals surface area contributed by atoms with Gasteiger partial charge in [-0.15, -0.1) is 0 Å². The number of aryl methyl sites for hydroxylation is 1. The zero-order valence-electron chi connectivity index (χ0n) is 14.6. The maximum Gasteiger partial charge on any atom is 0.327 e. The zero-order valence-corrected chi connectivity index (χ0v) is 14.6. The maximum atomic E-state index is 11.5. The minimum atomic E-state index is -0.117. The van der Waals surface area contributed by atoms with E-state index in [9.17, 15) is 4.79 Å². The Morgan fingerprint density at radius 2 is 1.61 bits per heavy atom. The van der Waals surface area contributed by atoms with Gasteiger partial charge in [0.25, 0.3) is 0 Å². The third kappa shape index (κ3) is 2.88. The molecule has 0 aliphatic carbocycles. The standard InChI is InChI=1S/C19H24BNO2/c1-18(2)13-20(23-19(18,3)4)16-9-6-14(7-10-16)15-8-11-17(22)21(5)12-15/h6-12H,13H2,1-5H3. The summed E-state index contributed by atoms with van der Waals surface area (Å²) in [6.07, 6.45) is 2.90. The van der Waals surface area contributed by atoms with Crippen LogP contribution in [0.5, 0.6) is 0 Å². The molecule has 23 heavy (non-hydrogen) atoms. The van der Waals surface area contributed by atoms with Gasteiger partial charge in [-0.1, -0.05) is 38.1 Å². The van der Waals surface area contributed by atoms with Gasteiger partial charge >= 0.3 is 6.92 Å². The molecule has 4 heteroatoms. The van der Waals surface area contributed by atoms with E-state index in [1.165, 1.54) is 5.46 Å². The average Bonchev–Trinajstić information content (AvgIpc) is 2.71. The number of hydrogen-bond donors (Lipinski definition) is 0. The summed E-state index contributed by atoms with van der Waals surface area (Å²) in [7, 11) is 1.77. The Balaban J connectivity index is 1.86. The first-order chi connectivity index (χ1) is 10.7. The van der Waals surface area contributed by atoms with Crippen molar-refractivity contribution >= 4 is 12.4 Å². The highest BCUT2D eigenvalue weighted by Crippen LogP contribution is 2.45. The fraction of sp³-hybridized carbons (Fsp3) is 0.421. The molecule has 3 nitrogen and oxygen atoms in total. The summed E-state index contributed by atoms with van der Waals surface area (Å²) >= 11 is 0. The lowest BCUT2D eigenvalue weighted by atomic mass is 9.54. The van der Waals surface area contributed by atoms with Crippen LogP contribution < -0.4 is 11.0 Å². The maximum absolute atomic E-state index is 11.5. The van der Waals surface area contributed by atoms with Gasteiger partial charge in [-0.25, -0.2) is 0 Å². The van der Waals surface area contributed by atoms with Crippen LogP contribution in [0.2, 0.25) is 6.32 Å². The summed E-state index contributed by atoms with van der Waals surface area (Å²) in [5.41, 5.74) is 3.43. The van der Waals surface area contributed by atoms with Gasteiger partial charge in [-0.05, 0) is 48.2 Å². The van der Waals surface area contributed by atoms with E-state index in [1.54, 1.807) is 17.7 Å². The summed E-state index contributed by atoms with van der Waals surface area (Å²) < 4.78 is 7.89. The van der Waals surface area contributed by atoms with E-state index in [2.05, 4.69) is 52.0 Å². The smallest absolute Gasteiger partial charge is 0.327 e. The fourth-order valence-electron chi connectivity index (χ4n) is 3.11. The molecule has 0 unspecified atom stereocenters. The molecular formula is C19H24BNO2. The minimum Gasteiger partial charge on any atom is -0.426 e. The van der Waals surface area contributed by atoms with Crippen LogP contribution in [0.1, 0.15) is 27.7 Å². The van der Waals surface area contributed by atoms with Crippen LogP contribution in [-0.4, -0.2) is 17.1 Å². The quantitative estimate of drug-likeness (QED) is 0.798. The second-order valence-corrected chi connectivity index (χ2v) is 7.69. The summed E-state index contributed by atoms with van der Waals surface area (Å²) in [5.74, 6) is 0. The van der Waals surface area contributed by atoms with Gasteiger partial charge in [0.05, 0.1) is 5.60 Å². The first-order valence-corrected chi connectivity index (χ1v) is 8.14. The molecule has 0 spiro atoms. The van der Waals surface area contributed by atoms with Crippen molar-refractivity contribution in [3.8, 4) is 11.1 Å². The molecule has 3 rings (SSSR count). The van der Waals surface area contributed by atoms with Crippen molar-refractivity contribution in [3.63, 3.8) is 0 Å². The molecule has 1 aliphatic rings. The lowest BCUT2D eigenvalue weighted by Crippen LogP contribution is -2.36. The molecule has 2 heterocycles. The van der Waals surface area contributed by atoms with Gasteiger partial charge in [0, 0.05) is 19.3 Å². The largest absolute Gasteiger partial charge is 0.426 e. The van der Waals surface area contributed by atoms with Crippen LogP contribution in [0.4, 0.5) is 0 Å². The summed E-state index contributed by atoms with van der Waals surface area (Å²) in [6.45, 7) is 9.03. The van der Waals surface area contributed by atoms with Crippen molar-refractivity contribution in [2.75, 3.05) is 0 Å². The molecule has 1 fully saturated rings. The molecule has 0 radical (unpaired) electrons. The average molecular weight is 309 g/mol. The van der Waals surface area contributed by atoms with Crippen molar-refractivity contribution in [3.05, 3.63) is 52.9 Å². The Hall–Kier alpha value is -1.81. The van der Waals surface area contributed by atoms with E-state index < -0.39 is 0 Å². The van der Waals surface area contributed by atoms with Crippen molar-refractivity contribution in [1.29, 1.82) is 0 Å². The van der Waals surface area contributed by atoms with Gasteiger partial charge in [0.15, 0.2) is 0 Å². The van der Waals surface area contributed by atoms with Gasteiger partial charge < -0.3 is 9.22 Å². The van der Waals surface area contributed by atoms with Gasteiger partial charge in [-0.3, -0.25) is 4.79 Å². The Morgan fingerprint density at radius 3 is 2.13 bits per heavy atom. The molecule has 0 amide bonds. The first kappa shape index (κ1) is 16.1. The second kappa shape index (κ2) is 5.38. The molecular weight excluding hydrogens is 285 g/mol. The molecule has 1 aromatic carbocycles. The molecule has 2 aromatic rings. The lowest BCUT2D eigenvalue weighted by Gasteiger charge is -2.34. The molecule has 0 atom stereocenters. The highest BCUT2D eigenvalue weighted by Gasteiger charge is 2.49. The Morgan fingerprint density at radius 1 is 1.00 bits per heavy atom. The SMILES string of the molecule is Cn1cc(-c2ccc(B3CC(C)(C)C(C)(C)O3)cc2)ccc1=O. The Labute approximate surface area is 138 Å². The summed E-state index contributed by atoms with van der Waals surface area (Å²) in [4.78, 5) is 11.5. The number of pyridine rings is 1. The topological polar surface area (TPSA) is 31.2 Å². The van der Waals surface area contributed by atoms with Crippen molar-refractivity contribution < 1.29 is 4.65 Å². The van der Waals surface area contributed by atoms with Crippen LogP contribution in [0.25, 0.3) is 11.1 Å². The third-order valence-electron chi connectivity index (χ3n) is 5.46. The first-order valence-electron chi connectivity index (χ1n) is 8.14. The van der Waals surface area contributed by atoms with Crippen molar-refractivity contribution in [2.45, 2.75) is 39.6 Å². The van der Waals surface area contributed by atoms with E-state index in [0.717, 1.165) is 17.4 Å². The molecule has 0 saturated carbocycles. The minimum absolute atomic E-state index is 0.00851. The Bertz CT molecular complexity index is 759. The van der Waals surface area contributed by atoms with E-state index in [4.69, 9.17) is 4.65 Å². The van der Waals surface area contributed by atoms with E-state index >= 15 is 0 Å². The van der Waals surface area contributed by atoms with Crippen LogP contribution in [0.3, 0.4) is 0 Å². The molecule has 0 bridgehead atoms. The highest BCUT2D eigenvalue weighted by atomic mass is 16.5. The predicted molar refractivity (Wildman–Crippen MR) is 96.3 cm³/mol. The van der Waals surface area contributed by atoms with Crippen LogP contribution >= 0.6 is 0 Å². The van der Waals surface area contributed by atoms with Crippen molar-refractivity contribution in [1.82, 2.24) is 4.57 Å². The zero-order chi connectivity index (χ0) is 16.8. The molecule has 0 N–H and O–H groups in total. The van der Waals surface area contributed by atoms with Gasteiger partial charge in [-0.2, -0.15) is 0 Å². The van der Waals surface area contributed by atoms with E-state index in [0.29, 0.717) is 0 Å². The third-order valence-corrected chi connectivity index (χ3v) is 5.46. The van der Waals surface area contributed by atoms with E-state index in [-0.39, 0.29) is 23.5 Å². The second-order valence-electron chi connectivity index (χ2n) is 7.69. The van der Waals surface area contributed by atoms with Crippen LogP contribution in [-0.2, 0) is 11.7 Å². The number of benzene rings is 1. The molecule has 1 saturated heterocycles. The summed E-state index contributed by atoms with van der Waals surface area (Å²) in [5, 5.41) is 0. The number of hydrogen-bond acceptors (Lipinski definition) is 2.